The monoisotopic (exact) mass is 565 g/mol. The van der Waals surface area contributed by atoms with Gasteiger partial charge in [0, 0.05) is 31.5 Å². The van der Waals surface area contributed by atoms with Crippen LogP contribution in [0.4, 0.5) is 22.4 Å². The van der Waals surface area contributed by atoms with E-state index < -0.39 is 54.6 Å². The van der Waals surface area contributed by atoms with Gasteiger partial charge >= 0.3 is 12.3 Å². The van der Waals surface area contributed by atoms with Crippen LogP contribution in [-0.2, 0) is 25.6 Å². The molecule has 3 fully saturated rings. The highest BCUT2D eigenvalue weighted by atomic mass is 19.4. The molecule has 4 aliphatic rings. The number of nitrogens with one attached hydrogen (secondary N) is 1. The maximum atomic E-state index is 13.6. The average Bonchev–Trinajstić information content (AvgIpc) is 3.62. The number of carbonyl (C=O) groups excluding carboxylic acids is 3. The molecule has 2 heterocycles. The van der Waals surface area contributed by atoms with Crippen molar-refractivity contribution in [3.05, 3.63) is 59.1 Å². The van der Waals surface area contributed by atoms with E-state index in [0.717, 1.165) is 30.4 Å². The van der Waals surface area contributed by atoms with Gasteiger partial charge in [-0.05, 0) is 55.5 Å². The number of allylic oxidation sites excluding steroid dienone is 3. The highest BCUT2D eigenvalue weighted by molar-refractivity contribution is 6.01. The van der Waals surface area contributed by atoms with Crippen LogP contribution >= 0.6 is 0 Å². The van der Waals surface area contributed by atoms with Gasteiger partial charge in [-0.3, -0.25) is 14.5 Å². The molecule has 0 aromatic heterocycles. The van der Waals surface area contributed by atoms with Crippen molar-refractivity contribution in [1.29, 1.82) is 0 Å². The van der Waals surface area contributed by atoms with Gasteiger partial charge in [0.25, 0.3) is 0 Å². The number of ether oxygens (including phenoxy) is 2. The van der Waals surface area contributed by atoms with Crippen LogP contribution in [0.3, 0.4) is 0 Å². The number of fused-ring (bicyclic) bond motifs is 2. The molecule has 4 atom stereocenters. The lowest BCUT2D eigenvalue weighted by Gasteiger charge is -2.32. The molecule has 1 aromatic carbocycles. The molecule has 216 valence electrons. The van der Waals surface area contributed by atoms with Crippen molar-refractivity contribution in [2.24, 2.45) is 11.8 Å². The van der Waals surface area contributed by atoms with Crippen molar-refractivity contribution >= 4 is 17.8 Å². The van der Waals surface area contributed by atoms with Gasteiger partial charge in [0.2, 0.25) is 5.91 Å². The van der Waals surface area contributed by atoms with E-state index in [1.165, 1.54) is 12.1 Å². The van der Waals surface area contributed by atoms with Gasteiger partial charge in [0.1, 0.15) is 18.4 Å². The number of Topliss-reactive ketones (excluding diaryl/α,β-unsaturated/α-hetero) is 1. The van der Waals surface area contributed by atoms with E-state index in [9.17, 15) is 31.9 Å². The zero-order valence-corrected chi connectivity index (χ0v) is 22.0. The van der Waals surface area contributed by atoms with Crippen LogP contribution in [0.1, 0.15) is 31.7 Å². The Morgan fingerprint density at radius 3 is 2.62 bits per heavy atom. The second kappa shape index (κ2) is 10.9. The first-order valence-corrected chi connectivity index (χ1v) is 13.3. The Hall–Kier alpha value is -3.41. The van der Waals surface area contributed by atoms with Gasteiger partial charge in [0.05, 0.1) is 18.8 Å². The number of carbonyl (C=O) groups is 3. The average molecular weight is 566 g/mol. The van der Waals surface area contributed by atoms with Gasteiger partial charge in [0.15, 0.2) is 11.4 Å². The summed E-state index contributed by atoms with van der Waals surface area (Å²) in [6, 6.07) is 2.68. The summed E-state index contributed by atoms with van der Waals surface area (Å²) in [5, 5.41) is 3.21. The number of benzene rings is 1. The summed E-state index contributed by atoms with van der Waals surface area (Å²) < 4.78 is 65.3. The summed E-state index contributed by atoms with van der Waals surface area (Å²) in [5.41, 5.74) is 0.331. The Bertz CT molecular complexity index is 1230. The molecule has 1 N–H and O–H groups in total. The van der Waals surface area contributed by atoms with Crippen LogP contribution in [-0.4, -0.2) is 78.3 Å². The fourth-order valence-corrected chi connectivity index (χ4v) is 5.82. The Morgan fingerprint density at radius 2 is 1.95 bits per heavy atom. The second-order valence-corrected chi connectivity index (χ2v) is 10.9. The zero-order valence-electron chi connectivity index (χ0n) is 22.0. The number of rotatable bonds is 8. The minimum Gasteiger partial charge on any atom is -0.436 e. The van der Waals surface area contributed by atoms with Gasteiger partial charge in [-0.1, -0.05) is 18.2 Å². The molecule has 0 radical (unpaired) electrons. The number of hydrogen-bond donors (Lipinski definition) is 1. The lowest BCUT2D eigenvalue weighted by atomic mass is 9.85. The molecule has 8 nitrogen and oxygen atoms in total. The van der Waals surface area contributed by atoms with Crippen molar-refractivity contribution in [2.45, 2.75) is 50.6 Å². The van der Waals surface area contributed by atoms with Gasteiger partial charge in [-0.2, -0.15) is 13.2 Å². The van der Waals surface area contributed by atoms with E-state index in [4.69, 9.17) is 9.47 Å². The quantitative estimate of drug-likeness (QED) is 0.484. The molecule has 12 heteroatoms. The molecule has 5 rings (SSSR count). The van der Waals surface area contributed by atoms with Crippen LogP contribution in [0.2, 0.25) is 0 Å². The lowest BCUT2D eigenvalue weighted by molar-refractivity contribution is -0.187. The van der Waals surface area contributed by atoms with E-state index in [2.05, 4.69) is 5.32 Å². The lowest BCUT2D eigenvalue weighted by Crippen LogP contribution is -2.50. The minimum absolute atomic E-state index is 0.0476. The molecule has 1 spiro atoms. The van der Waals surface area contributed by atoms with E-state index in [0.29, 0.717) is 60.3 Å². The Labute approximate surface area is 229 Å². The molecular formula is C28H31F4N3O5. The topological polar surface area (TPSA) is 88.2 Å². The second-order valence-electron chi connectivity index (χ2n) is 10.9. The van der Waals surface area contributed by atoms with Crippen LogP contribution < -0.4 is 5.32 Å². The Balaban J connectivity index is 1.29. The summed E-state index contributed by atoms with van der Waals surface area (Å²) in [4.78, 5) is 40.9. The van der Waals surface area contributed by atoms with Gasteiger partial charge < -0.3 is 19.7 Å². The number of nitrogens with zero attached hydrogens (tertiary/aromatic N) is 2. The SMILES string of the molecule is CC(N(Cc1ccc(F)cc1)C(=O)CN1C[C@]2(CCC3C(=O)C(NCC4CCOC4)=CC=C32)OC1=O)C(F)(F)F. The van der Waals surface area contributed by atoms with E-state index >= 15 is 0 Å². The highest BCUT2D eigenvalue weighted by Crippen LogP contribution is 2.48. The summed E-state index contributed by atoms with van der Waals surface area (Å²) in [6.45, 7) is 1.75. The summed E-state index contributed by atoms with van der Waals surface area (Å²) in [5.74, 6) is -1.71. The van der Waals surface area contributed by atoms with Crippen molar-refractivity contribution in [2.75, 3.05) is 32.8 Å². The molecule has 2 amide bonds. The highest BCUT2D eigenvalue weighted by Gasteiger charge is 2.56. The summed E-state index contributed by atoms with van der Waals surface area (Å²) in [7, 11) is 0. The number of ketones is 1. The maximum absolute atomic E-state index is 13.6. The maximum Gasteiger partial charge on any atom is 0.411 e. The first kappa shape index (κ1) is 28.1. The Morgan fingerprint density at radius 1 is 1.20 bits per heavy atom. The van der Waals surface area contributed by atoms with Crippen molar-refractivity contribution in [1.82, 2.24) is 15.1 Å². The molecule has 3 unspecified atom stereocenters. The van der Waals surface area contributed by atoms with Gasteiger partial charge in [-0.15, -0.1) is 0 Å². The molecule has 2 aliphatic carbocycles. The minimum atomic E-state index is -4.71. The smallest absolute Gasteiger partial charge is 0.411 e. The summed E-state index contributed by atoms with van der Waals surface area (Å²) in [6.07, 6.45) is -0.342. The van der Waals surface area contributed by atoms with Crippen molar-refractivity contribution in [3.8, 4) is 0 Å². The van der Waals surface area contributed by atoms with Crippen molar-refractivity contribution in [3.63, 3.8) is 0 Å². The predicted octanol–water partition coefficient (Wildman–Crippen LogP) is 3.73. The van der Waals surface area contributed by atoms with Crippen LogP contribution in [0.5, 0.6) is 0 Å². The fourth-order valence-electron chi connectivity index (χ4n) is 5.82. The Kier molecular flexibility index (Phi) is 7.64. The van der Waals surface area contributed by atoms with E-state index in [-0.39, 0.29) is 12.3 Å². The van der Waals surface area contributed by atoms with E-state index in [1.807, 2.05) is 0 Å². The number of amides is 2. The standard InChI is InChI=1S/C28H31F4N3O5/c1-17(28(30,31)32)35(13-18-2-4-20(29)5-3-18)24(36)14-34-16-27(40-26(34)38)10-8-21-22(27)6-7-23(25(21)37)33-12-19-9-11-39-15-19/h2-7,17,19,21,33H,8-16H2,1H3/t17?,19?,21?,27-/m0/s1. The van der Waals surface area contributed by atoms with Gasteiger partial charge in [-0.25, -0.2) is 9.18 Å². The third-order valence-corrected chi connectivity index (χ3v) is 8.20. The largest absolute Gasteiger partial charge is 0.436 e. The first-order valence-electron chi connectivity index (χ1n) is 13.3. The van der Waals surface area contributed by atoms with Crippen LogP contribution in [0.15, 0.2) is 47.7 Å². The molecule has 40 heavy (non-hydrogen) atoms. The number of alkyl halides is 3. The molecule has 1 saturated carbocycles. The predicted molar refractivity (Wildman–Crippen MR) is 134 cm³/mol. The zero-order chi connectivity index (χ0) is 28.7. The van der Waals surface area contributed by atoms with E-state index in [1.54, 1.807) is 12.2 Å². The molecule has 1 aromatic rings. The van der Waals surface area contributed by atoms with Crippen LogP contribution in [0.25, 0.3) is 0 Å². The summed E-state index contributed by atoms with van der Waals surface area (Å²) >= 11 is 0. The first-order chi connectivity index (χ1) is 19.0. The molecular weight excluding hydrogens is 534 g/mol. The molecule has 0 bridgehead atoms. The molecule has 2 aliphatic heterocycles. The third kappa shape index (κ3) is 5.59. The fraction of sp³-hybridized carbons (Fsp3) is 0.536. The number of halogens is 4. The van der Waals surface area contributed by atoms with Crippen molar-refractivity contribution < 1.29 is 41.4 Å². The third-order valence-electron chi connectivity index (χ3n) is 8.20. The molecule has 2 saturated heterocycles. The normalized spacial score (nSPS) is 26.9. The van der Waals surface area contributed by atoms with Crippen LogP contribution in [0, 0.1) is 17.7 Å². The number of hydrogen-bond acceptors (Lipinski definition) is 6.